The van der Waals surface area contributed by atoms with Crippen LogP contribution in [0.2, 0.25) is 0 Å². The monoisotopic (exact) mass is 604 g/mol. The van der Waals surface area contributed by atoms with E-state index >= 15 is 8.78 Å². The van der Waals surface area contributed by atoms with E-state index in [1.807, 2.05) is 37.1 Å². The van der Waals surface area contributed by atoms with E-state index in [0.717, 1.165) is 5.56 Å². The molecule has 2 aromatic carbocycles. The Labute approximate surface area is 251 Å². The minimum absolute atomic E-state index is 0.0160. The molecule has 12 heteroatoms. The van der Waals surface area contributed by atoms with Gasteiger partial charge in [0.05, 0.1) is 12.6 Å². The number of fused-ring (bicyclic) bond motifs is 1. The van der Waals surface area contributed by atoms with Gasteiger partial charge in [-0.1, -0.05) is 30.8 Å². The highest BCUT2D eigenvalue weighted by Crippen LogP contribution is 2.44. The van der Waals surface area contributed by atoms with Gasteiger partial charge in [-0.25, -0.2) is 28.7 Å². The average molecular weight is 605 g/mol. The number of pyridine rings is 2. The molecule has 1 atom stereocenters. The van der Waals surface area contributed by atoms with Crippen LogP contribution in [0.15, 0.2) is 47.8 Å². The SMILES string of the molecule is CCc1c(F)ccc2cc(OCOC)cc(-c3nc4c5c(nc(SC)nc5c3F)N(C(C)c3cccnc3N)CCO4)c12. The number of thioether (sulfide) groups is 1. The fourth-order valence-electron chi connectivity index (χ4n) is 5.59. The molecule has 9 nitrogen and oxygen atoms in total. The highest BCUT2D eigenvalue weighted by atomic mass is 32.2. The van der Waals surface area contributed by atoms with Gasteiger partial charge >= 0.3 is 0 Å². The average Bonchev–Trinajstić information content (AvgIpc) is 3.20. The summed E-state index contributed by atoms with van der Waals surface area (Å²) in [5.41, 5.74) is 7.87. The molecule has 0 spiro atoms. The molecule has 2 N–H and O–H groups in total. The Bertz CT molecular complexity index is 1860. The lowest BCUT2D eigenvalue weighted by Crippen LogP contribution is -2.31. The minimum Gasteiger partial charge on any atom is -0.475 e. The van der Waals surface area contributed by atoms with Crippen molar-refractivity contribution in [2.24, 2.45) is 0 Å². The van der Waals surface area contributed by atoms with Crippen molar-refractivity contribution in [1.82, 2.24) is 19.9 Å². The fourth-order valence-corrected chi connectivity index (χ4v) is 5.95. The maximum absolute atomic E-state index is 16.9. The summed E-state index contributed by atoms with van der Waals surface area (Å²) >= 11 is 1.30. The topological polar surface area (TPSA) is 109 Å². The van der Waals surface area contributed by atoms with Gasteiger partial charge in [-0.15, -0.1) is 0 Å². The molecule has 1 aliphatic heterocycles. The van der Waals surface area contributed by atoms with Crippen LogP contribution in [0.3, 0.4) is 0 Å². The van der Waals surface area contributed by atoms with E-state index in [1.54, 1.807) is 24.4 Å². The van der Waals surface area contributed by atoms with Crippen LogP contribution in [0.4, 0.5) is 20.4 Å². The number of aromatic nitrogens is 4. The molecular formula is C31H30F2N6O3S. The quantitative estimate of drug-likeness (QED) is 0.123. The number of hydrogen-bond acceptors (Lipinski definition) is 10. The smallest absolute Gasteiger partial charge is 0.227 e. The van der Waals surface area contributed by atoms with E-state index in [4.69, 9.17) is 29.9 Å². The number of hydrogen-bond donors (Lipinski definition) is 1. The molecule has 5 aromatic rings. The summed E-state index contributed by atoms with van der Waals surface area (Å²) in [5.74, 6) is 0.441. The summed E-state index contributed by atoms with van der Waals surface area (Å²) in [4.78, 5) is 20.4. The van der Waals surface area contributed by atoms with Gasteiger partial charge in [-0.05, 0) is 60.2 Å². The molecule has 3 aromatic heterocycles. The van der Waals surface area contributed by atoms with Crippen molar-refractivity contribution in [3.8, 4) is 22.9 Å². The van der Waals surface area contributed by atoms with E-state index in [2.05, 4.69) is 9.97 Å². The maximum atomic E-state index is 16.9. The standard InChI is InChI=1S/C31H30F2N6O3S/c1-5-19-22(32)9-8-17-13-18(42-15-40-3)14-21(23(17)19)26-25(33)27-24-29(38-31(37-27)43-4)39(11-12-41-30(24)36-26)16(2)20-7-6-10-35-28(20)34/h6-10,13-14,16H,5,11-12,15H2,1-4H3,(H2,34,35). The number of nitrogens with two attached hydrogens (primary N) is 1. The van der Waals surface area contributed by atoms with Crippen molar-refractivity contribution in [2.75, 3.05) is 43.9 Å². The zero-order chi connectivity index (χ0) is 30.2. The largest absolute Gasteiger partial charge is 0.475 e. The second kappa shape index (κ2) is 11.8. The number of aryl methyl sites for hydroxylation is 1. The molecular weight excluding hydrogens is 574 g/mol. The third kappa shape index (κ3) is 5.04. The van der Waals surface area contributed by atoms with Gasteiger partial charge < -0.3 is 24.8 Å². The Hall–Kier alpha value is -4.29. The van der Waals surface area contributed by atoms with Crippen LogP contribution >= 0.6 is 11.8 Å². The summed E-state index contributed by atoms with van der Waals surface area (Å²) in [6, 6.07) is 9.95. The van der Waals surface area contributed by atoms with Gasteiger partial charge in [0.25, 0.3) is 0 Å². The first-order valence-corrected chi connectivity index (χ1v) is 15.0. The summed E-state index contributed by atoms with van der Waals surface area (Å²) in [5, 5.41) is 1.95. The number of benzene rings is 2. The second-order valence-corrected chi connectivity index (χ2v) is 10.8. The number of rotatable bonds is 8. The highest BCUT2D eigenvalue weighted by molar-refractivity contribution is 7.98. The van der Waals surface area contributed by atoms with Gasteiger partial charge in [0.2, 0.25) is 5.88 Å². The van der Waals surface area contributed by atoms with Crippen molar-refractivity contribution < 1.29 is 23.0 Å². The van der Waals surface area contributed by atoms with Crippen molar-refractivity contribution in [2.45, 2.75) is 31.5 Å². The van der Waals surface area contributed by atoms with Crippen LogP contribution in [0.1, 0.15) is 31.0 Å². The molecule has 0 saturated heterocycles. The molecule has 1 aliphatic rings. The lowest BCUT2D eigenvalue weighted by Gasteiger charge is -2.30. The van der Waals surface area contributed by atoms with E-state index in [-0.39, 0.29) is 42.3 Å². The lowest BCUT2D eigenvalue weighted by molar-refractivity contribution is 0.0512. The third-order valence-corrected chi connectivity index (χ3v) is 8.17. The van der Waals surface area contributed by atoms with Gasteiger partial charge in [0, 0.05) is 24.4 Å². The molecule has 0 amide bonds. The summed E-state index contributed by atoms with van der Waals surface area (Å²) in [7, 11) is 1.51. The Morgan fingerprint density at radius 3 is 2.72 bits per heavy atom. The molecule has 0 bridgehead atoms. The zero-order valence-electron chi connectivity index (χ0n) is 24.1. The molecule has 1 unspecified atom stereocenters. The molecule has 0 aliphatic carbocycles. The first kappa shape index (κ1) is 28.8. The molecule has 4 heterocycles. The van der Waals surface area contributed by atoms with Crippen LogP contribution < -0.4 is 20.1 Å². The molecule has 43 heavy (non-hydrogen) atoms. The van der Waals surface area contributed by atoms with E-state index in [1.165, 1.54) is 24.9 Å². The maximum Gasteiger partial charge on any atom is 0.227 e. The van der Waals surface area contributed by atoms with Crippen molar-refractivity contribution in [3.05, 3.63) is 65.4 Å². The Kier molecular flexibility index (Phi) is 7.89. The second-order valence-electron chi connectivity index (χ2n) is 10.0. The van der Waals surface area contributed by atoms with E-state index in [0.29, 0.717) is 62.8 Å². The summed E-state index contributed by atoms with van der Waals surface area (Å²) in [6.07, 6.45) is 3.85. The molecule has 0 fully saturated rings. The Morgan fingerprint density at radius 1 is 1.14 bits per heavy atom. The highest BCUT2D eigenvalue weighted by Gasteiger charge is 2.31. The van der Waals surface area contributed by atoms with Crippen LogP contribution in [-0.4, -0.2) is 53.2 Å². The van der Waals surface area contributed by atoms with Crippen LogP contribution in [0.5, 0.6) is 11.6 Å². The van der Waals surface area contributed by atoms with Gasteiger partial charge in [0.15, 0.2) is 17.8 Å². The minimum atomic E-state index is -0.673. The molecule has 0 saturated carbocycles. The Morgan fingerprint density at radius 2 is 1.98 bits per heavy atom. The first-order valence-electron chi connectivity index (χ1n) is 13.8. The molecule has 222 valence electrons. The first-order chi connectivity index (χ1) is 20.9. The van der Waals surface area contributed by atoms with Crippen LogP contribution in [0, 0.1) is 11.6 Å². The number of halogens is 2. The number of nitrogens with zero attached hydrogens (tertiary/aromatic N) is 5. The fraction of sp³-hybridized carbons (Fsp3) is 0.290. The van der Waals surface area contributed by atoms with Crippen molar-refractivity contribution >= 4 is 45.1 Å². The van der Waals surface area contributed by atoms with E-state index < -0.39 is 5.82 Å². The molecule has 6 rings (SSSR count). The van der Waals surface area contributed by atoms with Crippen molar-refractivity contribution in [3.63, 3.8) is 0 Å². The summed E-state index contributed by atoms with van der Waals surface area (Å²) < 4.78 is 48.9. The van der Waals surface area contributed by atoms with Gasteiger partial charge in [-0.2, -0.15) is 0 Å². The van der Waals surface area contributed by atoms with Gasteiger partial charge in [-0.3, -0.25) is 0 Å². The zero-order valence-corrected chi connectivity index (χ0v) is 25.0. The predicted octanol–water partition coefficient (Wildman–Crippen LogP) is 6.33. The molecule has 0 radical (unpaired) electrons. The number of nitrogen functional groups attached to an aromatic ring is 1. The van der Waals surface area contributed by atoms with Gasteiger partial charge in [0.1, 0.15) is 46.4 Å². The van der Waals surface area contributed by atoms with Crippen molar-refractivity contribution in [1.29, 1.82) is 0 Å². The predicted molar refractivity (Wildman–Crippen MR) is 164 cm³/mol. The summed E-state index contributed by atoms with van der Waals surface area (Å²) in [6.45, 7) is 4.50. The van der Waals surface area contributed by atoms with E-state index in [9.17, 15) is 0 Å². The lowest BCUT2D eigenvalue weighted by atomic mass is 9.94. The Balaban J connectivity index is 1.64. The van der Waals surface area contributed by atoms with Crippen LogP contribution in [0.25, 0.3) is 32.9 Å². The number of methoxy groups -OCH3 is 1. The number of ether oxygens (including phenoxy) is 3. The normalized spacial score (nSPS) is 13.7. The van der Waals surface area contributed by atoms with Crippen LogP contribution in [-0.2, 0) is 11.2 Å². The third-order valence-electron chi connectivity index (χ3n) is 7.62. The number of anilines is 2.